The molecule has 3 aliphatic rings. The van der Waals surface area contributed by atoms with E-state index in [1.807, 2.05) is 0 Å². The van der Waals surface area contributed by atoms with Crippen LogP contribution in [-0.4, -0.2) is 0 Å². The highest BCUT2D eigenvalue weighted by molar-refractivity contribution is 5.88. The SMILES string of the molecule is CC1CC(c2ccccc2)(C2c3cc(-c4ccccc4)c(C(C)(C)C)cc3-c3cc(C(C)(C)C)c(-c4ccccc4)cc32)C2C=CC=C12. The summed E-state index contributed by atoms with van der Waals surface area (Å²) < 4.78 is 0. The van der Waals surface area contributed by atoms with E-state index >= 15 is 0 Å². The van der Waals surface area contributed by atoms with Crippen molar-refractivity contribution in [1.29, 1.82) is 0 Å². The normalized spacial score (nSPS) is 21.6. The van der Waals surface area contributed by atoms with Crippen LogP contribution in [0.25, 0.3) is 33.4 Å². The van der Waals surface area contributed by atoms with Gasteiger partial charge in [-0.05, 0) is 109 Å². The number of allylic oxidation sites excluding steroid dienone is 4. The summed E-state index contributed by atoms with van der Waals surface area (Å²) in [6, 6.07) is 44.1. The molecule has 48 heavy (non-hydrogen) atoms. The van der Waals surface area contributed by atoms with Gasteiger partial charge in [-0.25, -0.2) is 0 Å². The van der Waals surface area contributed by atoms with E-state index in [2.05, 4.69) is 182 Å². The van der Waals surface area contributed by atoms with Crippen molar-refractivity contribution in [2.75, 3.05) is 0 Å². The Hall–Kier alpha value is -4.42. The van der Waals surface area contributed by atoms with Gasteiger partial charge in [0.15, 0.2) is 0 Å². The zero-order valence-corrected chi connectivity index (χ0v) is 29.6. The van der Waals surface area contributed by atoms with E-state index in [1.54, 1.807) is 5.57 Å². The molecule has 5 aromatic rings. The minimum absolute atomic E-state index is 0.0155. The first kappa shape index (κ1) is 30.9. The molecule has 0 aromatic heterocycles. The zero-order valence-electron chi connectivity index (χ0n) is 29.6. The van der Waals surface area contributed by atoms with Gasteiger partial charge in [-0.2, -0.15) is 0 Å². The highest BCUT2D eigenvalue weighted by atomic mass is 14.6. The maximum atomic E-state index is 2.62. The molecule has 0 heterocycles. The Kier molecular flexibility index (Phi) is 7.12. The van der Waals surface area contributed by atoms with E-state index in [0.29, 0.717) is 11.8 Å². The molecule has 3 aliphatic carbocycles. The van der Waals surface area contributed by atoms with Crippen molar-refractivity contribution < 1.29 is 0 Å². The smallest absolute Gasteiger partial charge is 0.0208 e. The Morgan fingerprint density at radius 1 is 0.562 bits per heavy atom. The van der Waals surface area contributed by atoms with Gasteiger partial charge in [-0.1, -0.05) is 163 Å². The molecule has 0 nitrogen and oxygen atoms in total. The second-order valence-corrected chi connectivity index (χ2v) is 16.7. The Morgan fingerprint density at radius 2 is 1.02 bits per heavy atom. The molecule has 8 rings (SSSR count). The summed E-state index contributed by atoms with van der Waals surface area (Å²) in [5.41, 5.74) is 16.9. The van der Waals surface area contributed by atoms with Crippen LogP contribution in [0.3, 0.4) is 0 Å². The Morgan fingerprint density at radius 3 is 1.48 bits per heavy atom. The fourth-order valence-corrected chi connectivity index (χ4v) is 9.55. The molecule has 0 amide bonds. The van der Waals surface area contributed by atoms with Gasteiger partial charge in [0.1, 0.15) is 0 Å². The van der Waals surface area contributed by atoms with Crippen LogP contribution in [0, 0.1) is 11.8 Å². The molecule has 3 unspecified atom stereocenters. The second kappa shape index (κ2) is 11.1. The number of fused-ring (bicyclic) bond motifs is 4. The van der Waals surface area contributed by atoms with Gasteiger partial charge in [-0.3, -0.25) is 0 Å². The number of hydrogen-bond donors (Lipinski definition) is 0. The zero-order chi connectivity index (χ0) is 33.4. The predicted molar refractivity (Wildman–Crippen MR) is 205 cm³/mol. The van der Waals surface area contributed by atoms with Crippen molar-refractivity contribution >= 4 is 0 Å². The van der Waals surface area contributed by atoms with Gasteiger partial charge >= 0.3 is 0 Å². The maximum absolute atomic E-state index is 2.62. The second-order valence-electron chi connectivity index (χ2n) is 16.7. The largest absolute Gasteiger partial charge is 0.0764 e. The summed E-state index contributed by atoms with van der Waals surface area (Å²) in [5.74, 6) is 1.09. The van der Waals surface area contributed by atoms with Crippen molar-refractivity contribution in [2.24, 2.45) is 11.8 Å². The highest BCUT2D eigenvalue weighted by Gasteiger charge is 2.57. The molecule has 0 radical (unpaired) electrons. The molecule has 3 atom stereocenters. The molecule has 5 aromatic carbocycles. The van der Waals surface area contributed by atoms with Crippen molar-refractivity contribution in [2.45, 2.75) is 77.0 Å². The van der Waals surface area contributed by atoms with Crippen LogP contribution >= 0.6 is 0 Å². The van der Waals surface area contributed by atoms with E-state index in [0.717, 1.165) is 6.42 Å². The van der Waals surface area contributed by atoms with Crippen LogP contribution in [0.5, 0.6) is 0 Å². The average molecular weight is 625 g/mol. The van der Waals surface area contributed by atoms with E-state index in [9.17, 15) is 0 Å². The molecule has 0 aliphatic heterocycles. The van der Waals surface area contributed by atoms with Crippen molar-refractivity contribution in [3.05, 3.63) is 167 Å². The lowest BCUT2D eigenvalue weighted by atomic mass is 9.60. The summed E-state index contributed by atoms with van der Waals surface area (Å²) in [7, 11) is 0. The molecule has 0 N–H and O–H groups in total. The van der Waals surface area contributed by atoms with Crippen molar-refractivity contribution in [1.82, 2.24) is 0 Å². The van der Waals surface area contributed by atoms with Crippen LogP contribution in [0.4, 0.5) is 0 Å². The molecule has 240 valence electrons. The van der Waals surface area contributed by atoms with Crippen LogP contribution in [-0.2, 0) is 16.2 Å². The number of hydrogen-bond acceptors (Lipinski definition) is 0. The molecular formula is C48H48. The fraction of sp³-hybridized carbons (Fsp3) is 0.292. The van der Waals surface area contributed by atoms with Gasteiger partial charge in [0.05, 0.1) is 0 Å². The Bertz CT molecular complexity index is 1960. The maximum Gasteiger partial charge on any atom is 0.0208 e. The lowest BCUT2D eigenvalue weighted by Gasteiger charge is -2.42. The van der Waals surface area contributed by atoms with E-state index in [4.69, 9.17) is 0 Å². The molecule has 0 heteroatoms. The average Bonchev–Trinajstić information content (AvgIpc) is 3.77. The highest BCUT2D eigenvalue weighted by Crippen LogP contribution is 2.66. The summed E-state index contributed by atoms with van der Waals surface area (Å²) in [5, 5.41) is 0. The van der Waals surface area contributed by atoms with Gasteiger partial charge in [0.2, 0.25) is 0 Å². The van der Waals surface area contributed by atoms with E-state index in [-0.39, 0.29) is 22.2 Å². The monoisotopic (exact) mass is 624 g/mol. The molecular weight excluding hydrogens is 577 g/mol. The van der Waals surface area contributed by atoms with Crippen LogP contribution in [0.15, 0.2) is 139 Å². The first-order valence-electron chi connectivity index (χ1n) is 17.9. The quantitative estimate of drug-likeness (QED) is 0.187. The Labute approximate surface area is 288 Å². The first-order chi connectivity index (χ1) is 23.0. The van der Waals surface area contributed by atoms with Gasteiger partial charge in [0, 0.05) is 17.3 Å². The van der Waals surface area contributed by atoms with Crippen molar-refractivity contribution in [3.63, 3.8) is 0 Å². The van der Waals surface area contributed by atoms with Crippen LogP contribution in [0.2, 0.25) is 0 Å². The minimum atomic E-state index is -0.103. The Balaban J connectivity index is 1.51. The topological polar surface area (TPSA) is 0 Å². The summed E-state index contributed by atoms with van der Waals surface area (Å²) in [4.78, 5) is 0. The molecule has 0 bridgehead atoms. The fourth-order valence-electron chi connectivity index (χ4n) is 9.55. The van der Waals surface area contributed by atoms with Crippen LogP contribution in [0.1, 0.15) is 88.6 Å². The summed E-state index contributed by atoms with van der Waals surface area (Å²) >= 11 is 0. The van der Waals surface area contributed by atoms with Gasteiger partial charge < -0.3 is 0 Å². The minimum Gasteiger partial charge on any atom is -0.0764 e. The standard InChI is InChI=1S/C48H48/c1-31-30-48(34-22-15-10-16-23-34,42-25-17-24-35(31)42)45-40-26-36(32-18-11-8-12-19-32)43(46(2,3)4)28-38(40)39-29-44(47(5,6)7)37(27-41(39)45)33-20-13-9-14-21-33/h8-29,31,42,45H,30H2,1-7H3. The molecule has 1 fully saturated rings. The summed E-state index contributed by atoms with van der Waals surface area (Å²) in [6.07, 6.45) is 8.41. The van der Waals surface area contributed by atoms with Gasteiger partial charge in [0.25, 0.3) is 0 Å². The first-order valence-corrected chi connectivity index (χ1v) is 17.9. The molecule has 0 spiro atoms. The number of rotatable bonds is 4. The van der Waals surface area contributed by atoms with E-state index < -0.39 is 0 Å². The summed E-state index contributed by atoms with van der Waals surface area (Å²) in [6.45, 7) is 16.7. The lowest BCUT2D eigenvalue weighted by Crippen LogP contribution is -2.37. The van der Waals surface area contributed by atoms with Crippen LogP contribution < -0.4 is 0 Å². The van der Waals surface area contributed by atoms with Gasteiger partial charge in [-0.15, -0.1) is 0 Å². The number of benzene rings is 5. The van der Waals surface area contributed by atoms with E-state index in [1.165, 1.54) is 61.2 Å². The molecule has 1 saturated carbocycles. The van der Waals surface area contributed by atoms with Crippen molar-refractivity contribution in [3.8, 4) is 33.4 Å². The lowest BCUT2D eigenvalue weighted by molar-refractivity contribution is 0.332. The third kappa shape index (κ3) is 4.71. The predicted octanol–water partition coefficient (Wildman–Crippen LogP) is 12.8. The third-order valence-corrected chi connectivity index (χ3v) is 11.6. The third-order valence-electron chi connectivity index (χ3n) is 11.6. The molecule has 0 saturated heterocycles.